The highest BCUT2D eigenvalue weighted by Gasteiger charge is 2.35. The lowest BCUT2D eigenvalue weighted by molar-refractivity contribution is -0.131. The fourth-order valence-electron chi connectivity index (χ4n) is 9.63. The van der Waals surface area contributed by atoms with Crippen molar-refractivity contribution in [3.05, 3.63) is 148 Å². The smallest absolute Gasteiger partial charge is 0.258 e. The van der Waals surface area contributed by atoms with E-state index in [-0.39, 0.29) is 30.2 Å². The fourth-order valence-corrected chi connectivity index (χ4v) is 9.63. The van der Waals surface area contributed by atoms with Gasteiger partial charge < -0.3 is 29.2 Å². The average Bonchev–Trinajstić information content (AvgIpc) is 3.78. The van der Waals surface area contributed by atoms with Crippen LogP contribution in [0.5, 0.6) is 5.75 Å². The largest absolute Gasteiger partial charge is 0.492 e. The molecule has 12 nitrogen and oxygen atoms in total. The summed E-state index contributed by atoms with van der Waals surface area (Å²) in [6.07, 6.45) is 3.59. The van der Waals surface area contributed by atoms with Crippen molar-refractivity contribution in [3.63, 3.8) is 0 Å². The number of carbonyl (C=O) groups excluding carboxylic acids is 3. The number of nitrogens with zero attached hydrogens (tertiary/aromatic N) is 6. The molecular weight excluding hydrogens is 803 g/mol. The summed E-state index contributed by atoms with van der Waals surface area (Å²) in [5, 5.41) is 7.85. The van der Waals surface area contributed by atoms with Crippen LogP contribution in [0.25, 0.3) is 22.4 Å². The first-order chi connectivity index (χ1) is 31.0. The standard InChI is InChI=1S/C52H57N7O5/c1-34-27-38-11-9-10-12-40(38)32-59(34)52(62)45-30-41-31-58(47(60)28-37-15-17-43(18-16-37)64-26-23-57-21-24-63-25-22-57)20-19-39(41)29-44(45)50-49(46-33-55(4)54-35(46)2)48(36(3)56(50)5)51(61)53-42-13-7-6-8-14-42/h6-18,29-30,33-34H,19-28,31-32H2,1-5H3,(H,53,61)/t34-/m1/s1. The molecule has 9 rings (SSSR count). The average molecular weight is 860 g/mol. The number of anilines is 1. The number of rotatable bonds is 11. The minimum Gasteiger partial charge on any atom is -0.492 e. The normalized spacial score (nSPS) is 16.3. The van der Waals surface area contributed by atoms with E-state index in [9.17, 15) is 9.59 Å². The van der Waals surface area contributed by atoms with E-state index in [1.165, 1.54) is 5.56 Å². The Morgan fingerprint density at radius 2 is 1.56 bits per heavy atom. The van der Waals surface area contributed by atoms with Crippen molar-refractivity contribution in [3.8, 4) is 28.1 Å². The molecule has 12 heteroatoms. The molecule has 5 heterocycles. The minimum absolute atomic E-state index is 0.0336. The molecule has 3 aliphatic rings. The molecule has 3 amide bonds. The second-order valence-electron chi connectivity index (χ2n) is 17.5. The van der Waals surface area contributed by atoms with E-state index in [2.05, 4.69) is 41.4 Å². The van der Waals surface area contributed by atoms with E-state index in [0.717, 1.165) is 101 Å². The second kappa shape index (κ2) is 18.3. The molecule has 1 N–H and O–H groups in total. The Morgan fingerprint density at radius 1 is 0.828 bits per heavy atom. The Balaban J connectivity index is 1.06. The first-order valence-corrected chi connectivity index (χ1v) is 22.4. The summed E-state index contributed by atoms with van der Waals surface area (Å²) in [6.45, 7) is 12.3. The molecule has 0 unspecified atom stereocenters. The molecule has 1 saturated heterocycles. The molecule has 1 atom stereocenters. The molecule has 1 fully saturated rings. The number of aryl methyl sites for hydroxylation is 2. The number of hydrogen-bond donors (Lipinski definition) is 1. The highest BCUT2D eigenvalue weighted by atomic mass is 16.5. The van der Waals surface area contributed by atoms with Gasteiger partial charge in [-0.1, -0.05) is 54.6 Å². The van der Waals surface area contributed by atoms with E-state index < -0.39 is 0 Å². The van der Waals surface area contributed by atoms with Crippen LogP contribution >= 0.6 is 0 Å². The van der Waals surface area contributed by atoms with Crippen LogP contribution in [0.15, 0.2) is 97.2 Å². The first-order valence-electron chi connectivity index (χ1n) is 22.4. The maximum absolute atomic E-state index is 15.4. The lowest BCUT2D eigenvalue weighted by atomic mass is 9.87. The number of hydrogen-bond acceptors (Lipinski definition) is 7. The summed E-state index contributed by atoms with van der Waals surface area (Å²) in [5.74, 6) is 0.496. The van der Waals surface area contributed by atoms with Crippen LogP contribution < -0.4 is 10.1 Å². The summed E-state index contributed by atoms with van der Waals surface area (Å²) < 4.78 is 15.3. The van der Waals surface area contributed by atoms with Gasteiger partial charge in [0.25, 0.3) is 11.8 Å². The number of ether oxygens (including phenoxy) is 2. The highest BCUT2D eigenvalue weighted by molar-refractivity contribution is 6.13. The molecule has 0 spiro atoms. The summed E-state index contributed by atoms with van der Waals surface area (Å²) in [7, 11) is 3.85. The molecule has 6 aromatic rings. The predicted molar refractivity (Wildman–Crippen MR) is 248 cm³/mol. The predicted octanol–water partition coefficient (Wildman–Crippen LogP) is 7.39. The third-order valence-corrected chi connectivity index (χ3v) is 13.2. The zero-order chi connectivity index (χ0) is 44.5. The summed E-state index contributed by atoms with van der Waals surface area (Å²) in [6, 6.07) is 29.7. The maximum Gasteiger partial charge on any atom is 0.258 e. The van der Waals surface area contributed by atoms with Crippen molar-refractivity contribution in [2.45, 2.75) is 59.2 Å². The van der Waals surface area contributed by atoms with Crippen molar-refractivity contribution in [2.75, 3.05) is 51.3 Å². The molecule has 330 valence electrons. The van der Waals surface area contributed by atoms with Crippen molar-refractivity contribution < 1.29 is 23.9 Å². The second-order valence-corrected chi connectivity index (χ2v) is 17.5. The van der Waals surface area contributed by atoms with Crippen LogP contribution in [0.1, 0.15) is 66.8 Å². The molecule has 2 aromatic heterocycles. The molecule has 0 saturated carbocycles. The van der Waals surface area contributed by atoms with Gasteiger partial charge in [-0.15, -0.1) is 0 Å². The third-order valence-electron chi connectivity index (χ3n) is 13.2. The zero-order valence-electron chi connectivity index (χ0n) is 37.5. The summed E-state index contributed by atoms with van der Waals surface area (Å²) >= 11 is 0. The number of aromatic nitrogens is 3. The Morgan fingerprint density at radius 3 is 2.30 bits per heavy atom. The molecular formula is C52H57N7O5. The SMILES string of the molecule is Cc1nn(C)cc1-c1c(C(=O)Nc2ccccc2)c(C)n(C)c1-c1cc2c(cc1C(=O)N1Cc3ccccc3C[C@H]1C)CN(C(=O)Cc1ccc(OCCN3CCOCC3)cc1)CC2. The summed E-state index contributed by atoms with van der Waals surface area (Å²) in [4.78, 5) is 50.0. The van der Waals surface area contributed by atoms with E-state index in [1.54, 1.807) is 4.68 Å². The first kappa shape index (κ1) is 42.8. The number of amides is 3. The lowest BCUT2D eigenvalue weighted by Gasteiger charge is -2.36. The van der Waals surface area contributed by atoms with Crippen LogP contribution in [0, 0.1) is 13.8 Å². The van der Waals surface area contributed by atoms with Gasteiger partial charge in [0.05, 0.1) is 36.6 Å². The van der Waals surface area contributed by atoms with Gasteiger partial charge in [-0.3, -0.25) is 24.0 Å². The topological polar surface area (TPSA) is 114 Å². The van der Waals surface area contributed by atoms with Gasteiger partial charge in [-0.2, -0.15) is 5.10 Å². The molecule has 4 aromatic carbocycles. The Kier molecular flexibility index (Phi) is 12.2. The van der Waals surface area contributed by atoms with Gasteiger partial charge in [-0.25, -0.2) is 0 Å². The van der Waals surface area contributed by atoms with E-state index in [1.807, 2.05) is 115 Å². The Bertz CT molecular complexity index is 2700. The number of benzene rings is 4. The van der Waals surface area contributed by atoms with Crippen molar-refractivity contribution in [1.82, 2.24) is 29.0 Å². The highest BCUT2D eigenvalue weighted by Crippen LogP contribution is 2.43. The minimum atomic E-state index is -0.240. The van der Waals surface area contributed by atoms with Gasteiger partial charge in [0.2, 0.25) is 5.91 Å². The van der Waals surface area contributed by atoms with Crippen LogP contribution in [-0.4, -0.2) is 98.8 Å². The number of para-hydroxylation sites is 1. The zero-order valence-corrected chi connectivity index (χ0v) is 37.5. The van der Waals surface area contributed by atoms with Crippen LogP contribution in [0.2, 0.25) is 0 Å². The Hall–Kier alpha value is -6.50. The monoisotopic (exact) mass is 859 g/mol. The van der Waals surface area contributed by atoms with Crippen LogP contribution in [0.3, 0.4) is 0 Å². The number of carbonyl (C=O) groups is 3. The van der Waals surface area contributed by atoms with Gasteiger partial charge in [0.15, 0.2) is 0 Å². The molecule has 0 aliphatic carbocycles. The van der Waals surface area contributed by atoms with Crippen LogP contribution in [0.4, 0.5) is 5.69 Å². The van der Waals surface area contributed by atoms with E-state index >= 15 is 4.79 Å². The summed E-state index contributed by atoms with van der Waals surface area (Å²) in [5.41, 5.74) is 11.7. The molecule has 0 bridgehead atoms. The van der Waals surface area contributed by atoms with Crippen LogP contribution in [-0.2, 0) is 56.0 Å². The Labute approximate surface area is 375 Å². The number of fused-ring (bicyclic) bond motifs is 2. The quantitative estimate of drug-likeness (QED) is 0.145. The maximum atomic E-state index is 15.4. The van der Waals surface area contributed by atoms with Crippen molar-refractivity contribution in [1.29, 1.82) is 0 Å². The third kappa shape index (κ3) is 8.72. The van der Waals surface area contributed by atoms with Gasteiger partial charge >= 0.3 is 0 Å². The molecule has 0 radical (unpaired) electrons. The van der Waals surface area contributed by atoms with Gasteiger partial charge in [0, 0.05) is 99.2 Å². The van der Waals surface area contributed by atoms with Gasteiger partial charge in [-0.05, 0) is 97.8 Å². The number of nitrogens with one attached hydrogen (secondary N) is 1. The van der Waals surface area contributed by atoms with Gasteiger partial charge in [0.1, 0.15) is 12.4 Å². The van der Waals surface area contributed by atoms with E-state index in [4.69, 9.17) is 14.6 Å². The number of morpholine rings is 1. The lowest BCUT2D eigenvalue weighted by Crippen LogP contribution is -2.43. The molecule has 3 aliphatic heterocycles. The van der Waals surface area contributed by atoms with Crippen molar-refractivity contribution in [2.24, 2.45) is 14.1 Å². The van der Waals surface area contributed by atoms with Crippen molar-refractivity contribution >= 4 is 23.4 Å². The fraction of sp³-hybridized carbons (Fsp3) is 0.346. The van der Waals surface area contributed by atoms with E-state index in [0.29, 0.717) is 49.5 Å². The molecule has 64 heavy (non-hydrogen) atoms.